The normalized spacial score (nSPS) is 30.7. The molecule has 56 heavy (non-hydrogen) atoms. The van der Waals surface area contributed by atoms with Crippen molar-refractivity contribution in [3.63, 3.8) is 0 Å². The van der Waals surface area contributed by atoms with Gasteiger partial charge in [0.2, 0.25) is 18.1 Å². The van der Waals surface area contributed by atoms with E-state index in [1.165, 1.54) is 6.92 Å². The van der Waals surface area contributed by atoms with Crippen LogP contribution in [0.1, 0.15) is 74.1 Å². The molecule has 4 bridgehead atoms. The Hall–Kier alpha value is -3.05. The maximum absolute atomic E-state index is 13.1. The van der Waals surface area contributed by atoms with Crippen molar-refractivity contribution in [1.82, 2.24) is 19.6 Å². The highest BCUT2D eigenvalue weighted by atomic mass is 35.5. The molecule has 0 radical (unpaired) electrons. The molecule has 6 aliphatic rings. The zero-order chi connectivity index (χ0) is 41.7. The number of amides is 2. The summed E-state index contributed by atoms with van der Waals surface area (Å²) < 4.78 is 26.7. The van der Waals surface area contributed by atoms with Crippen molar-refractivity contribution in [2.75, 3.05) is 72.5 Å². The lowest BCUT2D eigenvalue weighted by Crippen LogP contribution is -2.52. The van der Waals surface area contributed by atoms with Crippen LogP contribution in [0.4, 0.5) is 0 Å². The lowest BCUT2D eigenvalue weighted by Gasteiger charge is -2.36. The third kappa shape index (κ3) is 11.3. The van der Waals surface area contributed by atoms with Gasteiger partial charge in [-0.1, -0.05) is 11.6 Å². The number of carbonyl (C=O) groups excluding carboxylic acids is 5. The number of carboxylic acid groups (broad SMARTS) is 1. The van der Waals surface area contributed by atoms with E-state index in [1.807, 2.05) is 23.9 Å². The van der Waals surface area contributed by atoms with Crippen LogP contribution in [0, 0.1) is 34.5 Å². The topological polar surface area (TPSA) is 182 Å². The van der Waals surface area contributed by atoms with E-state index in [9.17, 15) is 33.9 Å². The van der Waals surface area contributed by atoms with Gasteiger partial charge in [0.25, 0.3) is 0 Å². The molecular weight excluding hydrogens is 752 g/mol. The highest BCUT2D eigenvalue weighted by molar-refractivity contribution is 6.17. The van der Waals surface area contributed by atoms with Gasteiger partial charge >= 0.3 is 23.9 Å². The summed E-state index contributed by atoms with van der Waals surface area (Å²) in [7, 11) is 4.06. The van der Waals surface area contributed by atoms with Crippen LogP contribution < -0.4 is 0 Å². The molecule has 1 unspecified atom stereocenters. The van der Waals surface area contributed by atoms with Gasteiger partial charge in [0, 0.05) is 59.3 Å². The Balaban J connectivity index is 0.000000213. The molecule has 0 aliphatic carbocycles. The van der Waals surface area contributed by atoms with Gasteiger partial charge in [-0.25, -0.2) is 0 Å². The summed E-state index contributed by atoms with van der Waals surface area (Å²) in [5, 5.41) is 9.34. The lowest BCUT2D eigenvalue weighted by molar-refractivity contribution is -0.195. The van der Waals surface area contributed by atoms with E-state index in [4.69, 9.17) is 30.5 Å². The van der Waals surface area contributed by atoms with Gasteiger partial charge in [-0.15, -0.1) is 0 Å². The second kappa shape index (κ2) is 19.1. The standard InChI is InChI=1S/C20H32N2O6.C13H20N2O4.C6H11ClO2/c1-12(27-19(25)20(2,3)4)26-18(24)16-14-7-6-13(28-14)15(16)17(23)22-10-8-21(5)9-11-22;1-14-4-6-15(7-5-14)12(16)10-8-2-3-9(19-8)11(10)13(17)18;1-6(2,3)5(8)9-4-7/h12-16H,6-11H2,1-5H3;8-11H,2-7H2,1H3,(H,17,18);4H2,1-3H3/t12?,13-,14+,15-,16+;8-,9+,10-,11+;/m00./s1. The van der Waals surface area contributed by atoms with Gasteiger partial charge in [0.05, 0.1) is 58.9 Å². The van der Waals surface area contributed by atoms with Gasteiger partial charge in [-0.2, -0.15) is 0 Å². The summed E-state index contributed by atoms with van der Waals surface area (Å²) in [6.07, 6.45) is 1.14. The molecule has 6 fully saturated rings. The van der Waals surface area contributed by atoms with E-state index in [1.54, 1.807) is 41.5 Å². The number of rotatable bonds is 7. The van der Waals surface area contributed by atoms with E-state index in [0.717, 1.165) is 51.9 Å². The number of carbonyl (C=O) groups is 6. The first-order chi connectivity index (χ1) is 26.1. The number of aliphatic carboxylic acids is 1. The van der Waals surface area contributed by atoms with Gasteiger partial charge in [-0.3, -0.25) is 28.8 Å². The summed E-state index contributed by atoms with van der Waals surface area (Å²) in [5.41, 5.74) is -1.12. The second-order valence-electron chi connectivity index (χ2n) is 17.7. The molecule has 1 N–H and O–H groups in total. The monoisotopic (exact) mass is 814 g/mol. The zero-order valence-corrected chi connectivity index (χ0v) is 35.2. The highest BCUT2D eigenvalue weighted by Crippen LogP contribution is 2.46. The molecule has 0 aromatic carbocycles. The molecule has 0 aromatic rings. The molecule has 17 heteroatoms. The summed E-state index contributed by atoms with van der Waals surface area (Å²) >= 11 is 5.16. The van der Waals surface area contributed by atoms with Gasteiger partial charge in [-0.05, 0) is 81.3 Å². The maximum Gasteiger partial charge on any atom is 0.315 e. The first-order valence-corrected chi connectivity index (χ1v) is 20.3. The number of fused-ring (bicyclic) bond motifs is 4. The SMILES string of the molecule is CC(C)(C)C(=O)OCCl.CC(OC(=O)[C@H]1[C@@H](C(=O)N2CCN(C)CC2)[C@@H]2CC[C@H]1O2)OC(=O)C(C)(C)C.CN1CCN(C(=O)[C@@H]2[C@H](C(=O)O)[C@H]3CC[C@@H]2O3)CC1. The Kier molecular flexibility index (Phi) is 15.6. The third-order valence-corrected chi connectivity index (χ3v) is 11.4. The fraction of sp³-hybridized carbons (Fsp3) is 0.846. The van der Waals surface area contributed by atoms with Crippen LogP contribution >= 0.6 is 11.6 Å². The molecule has 9 atom stereocenters. The van der Waals surface area contributed by atoms with Crippen molar-refractivity contribution in [3.05, 3.63) is 0 Å². The number of nitrogens with zero attached hydrogens (tertiary/aromatic N) is 4. The van der Waals surface area contributed by atoms with Crippen LogP contribution in [0.3, 0.4) is 0 Å². The number of esters is 3. The quantitative estimate of drug-likeness (QED) is 0.225. The number of hydrogen-bond acceptors (Lipinski definition) is 13. The fourth-order valence-corrected chi connectivity index (χ4v) is 8.03. The van der Waals surface area contributed by atoms with Crippen molar-refractivity contribution in [2.45, 2.75) is 105 Å². The highest BCUT2D eigenvalue weighted by Gasteiger charge is 2.58. The van der Waals surface area contributed by atoms with Crippen LogP contribution in [0.2, 0.25) is 0 Å². The number of alkyl halides is 1. The van der Waals surface area contributed by atoms with E-state index in [0.29, 0.717) is 26.2 Å². The van der Waals surface area contributed by atoms with Crippen molar-refractivity contribution >= 4 is 47.3 Å². The number of ether oxygens (including phenoxy) is 5. The smallest absolute Gasteiger partial charge is 0.315 e. The first kappa shape index (κ1) is 45.6. The van der Waals surface area contributed by atoms with Crippen molar-refractivity contribution in [2.24, 2.45) is 34.5 Å². The Morgan fingerprint density at radius 3 is 1.36 bits per heavy atom. The van der Waals surface area contributed by atoms with E-state index in [2.05, 4.69) is 14.5 Å². The van der Waals surface area contributed by atoms with E-state index in [-0.39, 0.29) is 48.3 Å². The predicted molar refractivity (Wildman–Crippen MR) is 203 cm³/mol. The molecule has 6 rings (SSSR count). The zero-order valence-electron chi connectivity index (χ0n) is 34.5. The largest absolute Gasteiger partial charge is 0.481 e. The van der Waals surface area contributed by atoms with Gasteiger partial charge < -0.3 is 48.4 Å². The van der Waals surface area contributed by atoms with Crippen molar-refractivity contribution in [1.29, 1.82) is 0 Å². The molecule has 2 amide bonds. The summed E-state index contributed by atoms with van der Waals surface area (Å²) in [5.74, 6) is -4.44. The number of halogens is 1. The average Bonchev–Trinajstić information content (AvgIpc) is 3.94. The Bertz CT molecular complexity index is 1420. The third-order valence-electron chi connectivity index (χ3n) is 11.3. The minimum atomic E-state index is -1.00. The molecular formula is C39H63ClN4O12. The minimum absolute atomic E-state index is 0.0206. The second-order valence-corrected chi connectivity index (χ2v) is 17.9. The van der Waals surface area contributed by atoms with E-state index >= 15 is 0 Å². The molecule has 16 nitrogen and oxygen atoms in total. The molecule has 318 valence electrons. The lowest BCUT2D eigenvalue weighted by atomic mass is 9.78. The van der Waals surface area contributed by atoms with Crippen LogP contribution in [0.5, 0.6) is 0 Å². The number of carboxylic acids is 1. The Morgan fingerprint density at radius 2 is 1.00 bits per heavy atom. The molecule has 0 aromatic heterocycles. The Labute approximate surface area is 335 Å². The van der Waals surface area contributed by atoms with Gasteiger partial charge in [0.1, 0.15) is 0 Å². The first-order valence-electron chi connectivity index (χ1n) is 19.8. The molecule has 0 saturated carbocycles. The van der Waals surface area contributed by atoms with Crippen molar-refractivity contribution in [3.8, 4) is 0 Å². The number of hydrogen-bond donors (Lipinski definition) is 1. The summed E-state index contributed by atoms with van der Waals surface area (Å²) in [4.78, 5) is 80.7. The maximum atomic E-state index is 13.1. The average molecular weight is 815 g/mol. The molecule has 6 aliphatic heterocycles. The van der Waals surface area contributed by atoms with Crippen molar-refractivity contribution < 1.29 is 57.6 Å². The number of likely N-dealkylation sites (N-methyl/N-ethyl adjacent to an activating group) is 2. The number of piperazine rings is 2. The Morgan fingerprint density at radius 1 is 0.625 bits per heavy atom. The van der Waals surface area contributed by atoms with Crippen LogP contribution in [-0.2, 0) is 52.5 Å². The molecule has 6 saturated heterocycles. The minimum Gasteiger partial charge on any atom is -0.481 e. The van der Waals surface area contributed by atoms with E-state index < -0.39 is 58.7 Å². The van der Waals surface area contributed by atoms with Crippen LogP contribution in [-0.4, -0.2) is 164 Å². The van der Waals surface area contributed by atoms with Crippen LogP contribution in [0.25, 0.3) is 0 Å². The van der Waals surface area contributed by atoms with Crippen LogP contribution in [0.15, 0.2) is 0 Å². The predicted octanol–water partition coefficient (Wildman–Crippen LogP) is 2.44. The summed E-state index contributed by atoms with van der Waals surface area (Å²) in [6, 6.07) is -0.0594. The molecule has 0 spiro atoms. The van der Waals surface area contributed by atoms with Gasteiger partial charge in [0.15, 0.2) is 6.07 Å². The molecule has 6 heterocycles. The summed E-state index contributed by atoms with van der Waals surface area (Å²) in [6.45, 7) is 18.1. The fourth-order valence-electron chi connectivity index (χ4n) is 7.93.